The summed E-state index contributed by atoms with van der Waals surface area (Å²) >= 11 is 0. The predicted octanol–water partition coefficient (Wildman–Crippen LogP) is 3.75. The van der Waals surface area contributed by atoms with Gasteiger partial charge in [0.05, 0.1) is 6.61 Å². The molecule has 3 aromatic rings. The molecule has 0 saturated heterocycles. The summed E-state index contributed by atoms with van der Waals surface area (Å²) in [6.07, 6.45) is 0. The van der Waals surface area contributed by atoms with Crippen molar-refractivity contribution in [2.45, 2.75) is 12.8 Å². The van der Waals surface area contributed by atoms with E-state index in [1.165, 1.54) is 12.1 Å². The van der Waals surface area contributed by atoms with Crippen LogP contribution in [-0.2, 0) is 15.5 Å². The number of esters is 1. The fourth-order valence-electron chi connectivity index (χ4n) is 2.42. The number of halogens is 2. The van der Waals surface area contributed by atoms with Gasteiger partial charge in [-0.25, -0.2) is 4.79 Å². The lowest BCUT2D eigenvalue weighted by Gasteiger charge is -2.16. The Bertz CT molecular complexity index is 991. The first-order valence-corrected chi connectivity index (χ1v) is 8.66. The number of hydrazine groups is 1. The van der Waals surface area contributed by atoms with Crippen molar-refractivity contribution < 1.29 is 27.5 Å². The van der Waals surface area contributed by atoms with Gasteiger partial charge in [0.15, 0.2) is 0 Å². The lowest BCUT2D eigenvalue weighted by atomic mass is 10.1. The summed E-state index contributed by atoms with van der Waals surface area (Å²) in [6, 6.07) is 15.2. The topological polar surface area (TPSA) is 93.5 Å². The van der Waals surface area contributed by atoms with Gasteiger partial charge in [-0.3, -0.25) is 15.6 Å². The van der Waals surface area contributed by atoms with E-state index >= 15 is 0 Å². The summed E-state index contributed by atoms with van der Waals surface area (Å²) in [7, 11) is 0. The minimum Gasteiger partial charge on any atom is -0.461 e. The number of ether oxygens (including phenoxy) is 1. The van der Waals surface area contributed by atoms with Crippen LogP contribution >= 0.6 is 0 Å². The van der Waals surface area contributed by atoms with E-state index in [4.69, 9.17) is 9.15 Å². The maximum Gasteiger partial charge on any atom is 0.362 e. The van der Waals surface area contributed by atoms with Gasteiger partial charge in [-0.2, -0.15) is 13.8 Å². The predicted molar refractivity (Wildman–Crippen MR) is 100.0 cm³/mol. The van der Waals surface area contributed by atoms with Gasteiger partial charge in [0.2, 0.25) is 17.5 Å². The Labute approximate surface area is 164 Å². The summed E-state index contributed by atoms with van der Waals surface area (Å²) in [6.45, 7) is 1.68. The third-order valence-corrected chi connectivity index (χ3v) is 3.83. The number of aromatic nitrogens is 1. The second-order valence-corrected chi connectivity index (χ2v) is 5.80. The molecule has 0 radical (unpaired) electrons. The van der Waals surface area contributed by atoms with E-state index in [1.807, 2.05) is 5.43 Å². The minimum absolute atomic E-state index is 0.0558. The number of amides is 1. The number of nitrogens with one attached hydrogen (secondary N) is 2. The zero-order valence-electron chi connectivity index (χ0n) is 15.3. The Balaban J connectivity index is 1.83. The van der Waals surface area contributed by atoms with Crippen molar-refractivity contribution in [1.82, 2.24) is 10.4 Å². The monoisotopic (exact) mass is 401 g/mol. The molecule has 9 heteroatoms. The molecule has 1 aromatic heterocycles. The summed E-state index contributed by atoms with van der Waals surface area (Å²) < 4.78 is 39.0. The van der Waals surface area contributed by atoms with Crippen molar-refractivity contribution in [1.29, 1.82) is 0 Å². The number of oxazole rings is 1. The van der Waals surface area contributed by atoms with Gasteiger partial charge in [-0.1, -0.05) is 48.5 Å². The van der Waals surface area contributed by atoms with Crippen LogP contribution in [0.2, 0.25) is 0 Å². The molecule has 3 rings (SSSR count). The van der Waals surface area contributed by atoms with E-state index < -0.39 is 23.4 Å². The number of nitrogens with zero attached hydrogens (tertiary/aromatic N) is 1. The highest BCUT2D eigenvalue weighted by Gasteiger charge is 2.41. The average Bonchev–Trinajstić information content (AvgIpc) is 3.18. The van der Waals surface area contributed by atoms with E-state index in [0.29, 0.717) is 5.56 Å². The molecule has 0 fully saturated rings. The van der Waals surface area contributed by atoms with E-state index in [2.05, 4.69) is 10.4 Å². The van der Waals surface area contributed by atoms with Gasteiger partial charge in [-0.05, 0) is 19.1 Å². The van der Waals surface area contributed by atoms with Crippen LogP contribution in [-0.4, -0.2) is 23.5 Å². The SMILES string of the molecule is CCOC(=O)c1nc(-c2ccccc2)oc1NNC(=O)C(F)(F)c1ccccc1. The van der Waals surface area contributed by atoms with Gasteiger partial charge in [0.25, 0.3) is 0 Å². The molecule has 1 amide bonds. The minimum atomic E-state index is -3.80. The van der Waals surface area contributed by atoms with Gasteiger partial charge in [0, 0.05) is 11.1 Å². The first kappa shape index (κ1) is 20.0. The van der Waals surface area contributed by atoms with Crippen LogP contribution in [0.3, 0.4) is 0 Å². The highest BCUT2D eigenvalue weighted by molar-refractivity contribution is 5.93. The van der Waals surface area contributed by atoms with Crippen LogP contribution in [0.15, 0.2) is 65.1 Å². The molecule has 1 heterocycles. The van der Waals surface area contributed by atoms with Crippen molar-refractivity contribution in [2.75, 3.05) is 12.0 Å². The Morgan fingerprint density at radius 1 is 1.07 bits per heavy atom. The number of hydrogen-bond donors (Lipinski definition) is 2. The van der Waals surface area contributed by atoms with Gasteiger partial charge in [-0.15, -0.1) is 0 Å². The third kappa shape index (κ3) is 4.40. The molecular weight excluding hydrogens is 384 g/mol. The molecular formula is C20H17F2N3O4. The first-order chi connectivity index (χ1) is 13.9. The highest BCUT2D eigenvalue weighted by Crippen LogP contribution is 2.29. The summed E-state index contributed by atoms with van der Waals surface area (Å²) in [5.74, 6) is -6.53. The smallest absolute Gasteiger partial charge is 0.362 e. The summed E-state index contributed by atoms with van der Waals surface area (Å²) in [4.78, 5) is 28.2. The molecule has 2 aromatic carbocycles. The van der Waals surface area contributed by atoms with Crippen LogP contribution in [0.1, 0.15) is 23.0 Å². The normalized spacial score (nSPS) is 11.0. The molecule has 29 heavy (non-hydrogen) atoms. The first-order valence-electron chi connectivity index (χ1n) is 8.66. The number of hydrogen-bond acceptors (Lipinski definition) is 6. The molecule has 0 saturated carbocycles. The molecule has 0 aliphatic heterocycles. The molecule has 0 aliphatic rings. The van der Waals surface area contributed by atoms with Crippen LogP contribution in [0.5, 0.6) is 0 Å². The Kier molecular flexibility index (Phi) is 5.87. The molecule has 0 atom stereocenters. The molecule has 2 N–H and O–H groups in total. The molecule has 0 bridgehead atoms. The van der Waals surface area contributed by atoms with Gasteiger partial charge < -0.3 is 9.15 Å². The Morgan fingerprint density at radius 3 is 2.31 bits per heavy atom. The standard InChI is InChI=1S/C20H17F2N3O4/c1-2-28-18(26)15-17(29-16(23-15)13-9-5-3-6-10-13)24-25-19(27)20(21,22)14-11-7-4-8-12-14/h3-12,24H,2H2,1H3,(H,25,27). The largest absolute Gasteiger partial charge is 0.461 e. The summed E-state index contributed by atoms with van der Waals surface area (Å²) in [5.41, 5.74) is 3.85. The maximum absolute atomic E-state index is 14.3. The number of carbonyl (C=O) groups excluding carboxylic acids is 2. The van der Waals surface area contributed by atoms with E-state index in [0.717, 1.165) is 12.1 Å². The number of carbonyl (C=O) groups is 2. The fourth-order valence-corrected chi connectivity index (χ4v) is 2.42. The molecule has 7 nitrogen and oxygen atoms in total. The zero-order chi connectivity index (χ0) is 20.9. The van der Waals surface area contributed by atoms with Crippen LogP contribution in [0, 0.1) is 0 Å². The molecule has 150 valence electrons. The quantitative estimate of drug-likeness (QED) is 0.463. The second-order valence-electron chi connectivity index (χ2n) is 5.80. The molecule has 0 spiro atoms. The van der Waals surface area contributed by atoms with Crippen molar-refractivity contribution in [3.8, 4) is 11.5 Å². The fraction of sp³-hybridized carbons (Fsp3) is 0.150. The highest BCUT2D eigenvalue weighted by atomic mass is 19.3. The number of alkyl halides is 2. The van der Waals surface area contributed by atoms with Gasteiger partial charge >= 0.3 is 17.8 Å². The van der Waals surface area contributed by atoms with Gasteiger partial charge in [0.1, 0.15) is 0 Å². The Hall–Kier alpha value is -3.75. The van der Waals surface area contributed by atoms with Crippen molar-refractivity contribution in [2.24, 2.45) is 0 Å². The summed E-state index contributed by atoms with van der Waals surface area (Å²) in [5, 5.41) is 0. The van der Waals surface area contributed by atoms with Crippen LogP contribution in [0.4, 0.5) is 14.7 Å². The van der Waals surface area contributed by atoms with E-state index in [-0.39, 0.29) is 24.1 Å². The van der Waals surface area contributed by atoms with E-state index in [1.54, 1.807) is 43.3 Å². The number of rotatable bonds is 7. The van der Waals surface area contributed by atoms with E-state index in [9.17, 15) is 18.4 Å². The van der Waals surface area contributed by atoms with Crippen molar-refractivity contribution in [3.05, 3.63) is 71.9 Å². The zero-order valence-corrected chi connectivity index (χ0v) is 15.3. The number of benzene rings is 2. The lowest BCUT2D eigenvalue weighted by molar-refractivity contribution is -0.146. The number of anilines is 1. The molecule has 0 unspecified atom stereocenters. The second kappa shape index (κ2) is 8.51. The van der Waals surface area contributed by atoms with Crippen molar-refractivity contribution >= 4 is 17.8 Å². The van der Waals surface area contributed by atoms with Crippen LogP contribution < -0.4 is 10.9 Å². The third-order valence-electron chi connectivity index (χ3n) is 3.83. The Morgan fingerprint density at radius 2 is 1.69 bits per heavy atom. The molecule has 0 aliphatic carbocycles. The maximum atomic E-state index is 14.3. The van der Waals surface area contributed by atoms with Crippen LogP contribution in [0.25, 0.3) is 11.5 Å². The average molecular weight is 401 g/mol. The lowest BCUT2D eigenvalue weighted by Crippen LogP contribution is -2.41. The van der Waals surface area contributed by atoms with Crippen molar-refractivity contribution in [3.63, 3.8) is 0 Å².